The maximum Gasteiger partial charge on any atom is 0.255 e. The molecular formula is C14H21ClN4O2. The van der Waals surface area contributed by atoms with Gasteiger partial charge in [0.15, 0.2) is 0 Å². The van der Waals surface area contributed by atoms with Crippen molar-refractivity contribution in [2.45, 2.75) is 18.6 Å². The topological polar surface area (TPSA) is 68.7 Å². The minimum absolute atomic E-state index is 0.00947. The largest absolute Gasteiger partial charge is 0.391 e. The van der Waals surface area contributed by atoms with E-state index in [1.165, 1.54) is 6.20 Å². The molecular weight excluding hydrogens is 292 g/mol. The Morgan fingerprint density at radius 2 is 2.33 bits per heavy atom. The molecule has 7 heteroatoms. The number of aromatic nitrogens is 1. The van der Waals surface area contributed by atoms with E-state index in [1.807, 2.05) is 19.0 Å². The second kappa shape index (κ2) is 6.60. The maximum absolute atomic E-state index is 12.7. The first-order valence-corrected chi connectivity index (χ1v) is 7.27. The summed E-state index contributed by atoms with van der Waals surface area (Å²) < 4.78 is 0. The number of hydrogen-bond acceptors (Lipinski definition) is 5. The van der Waals surface area contributed by atoms with Gasteiger partial charge in [-0.1, -0.05) is 11.6 Å². The van der Waals surface area contributed by atoms with Crippen molar-refractivity contribution in [3.8, 4) is 0 Å². The van der Waals surface area contributed by atoms with E-state index < -0.39 is 6.10 Å². The van der Waals surface area contributed by atoms with Crippen molar-refractivity contribution in [3.63, 3.8) is 0 Å². The minimum atomic E-state index is -0.483. The highest BCUT2D eigenvalue weighted by Gasteiger charge is 2.35. The highest BCUT2D eigenvalue weighted by atomic mass is 35.5. The SMILES string of the molecule is CNc1cc(C(=O)N2CC(O)CC2CN(C)C)c(Cl)cn1. The molecule has 1 amide bonds. The fraction of sp³-hybridized carbons (Fsp3) is 0.571. The number of pyridine rings is 1. The van der Waals surface area contributed by atoms with E-state index in [0.29, 0.717) is 35.9 Å². The van der Waals surface area contributed by atoms with Crippen LogP contribution in [0.2, 0.25) is 5.02 Å². The quantitative estimate of drug-likeness (QED) is 0.865. The van der Waals surface area contributed by atoms with Gasteiger partial charge in [0.1, 0.15) is 5.82 Å². The summed E-state index contributed by atoms with van der Waals surface area (Å²) in [5.41, 5.74) is 0.411. The van der Waals surface area contributed by atoms with E-state index in [1.54, 1.807) is 18.0 Å². The van der Waals surface area contributed by atoms with Crippen LogP contribution < -0.4 is 5.32 Å². The highest BCUT2D eigenvalue weighted by molar-refractivity contribution is 6.33. The number of carbonyl (C=O) groups is 1. The molecule has 116 valence electrons. The van der Waals surface area contributed by atoms with Gasteiger partial charge in [-0.3, -0.25) is 4.79 Å². The van der Waals surface area contributed by atoms with Crippen LogP contribution in [-0.2, 0) is 0 Å². The van der Waals surface area contributed by atoms with Gasteiger partial charge < -0.3 is 20.2 Å². The van der Waals surface area contributed by atoms with E-state index in [9.17, 15) is 9.90 Å². The van der Waals surface area contributed by atoms with Gasteiger partial charge in [-0.05, 0) is 26.6 Å². The van der Waals surface area contributed by atoms with Crippen LogP contribution in [0.1, 0.15) is 16.8 Å². The molecule has 0 spiro atoms. The first kappa shape index (κ1) is 16.0. The van der Waals surface area contributed by atoms with Crippen LogP contribution in [0.5, 0.6) is 0 Å². The zero-order chi connectivity index (χ0) is 15.6. The van der Waals surface area contributed by atoms with Crippen molar-refractivity contribution in [2.24, 2.45) is 0 Å². The number of aliphatic hydroxyl groups excluding tert-OH is 1. The Bertz CT molecular complexity index is 524. The van der Waals surface area contributed by atoms with E-state index >= 15 is 0 Å². The molecule has 21 heavy (non-hydrogen) atoms. The van der Waals surface area contributed by atoms with Gasteiger partial charge >= 0.3 is 0 Å². The Balaban J connectivity index is 2.25. The number of nitrogens with one attached hydrogen (secondary N) is 1. The van der Waals surface area contributed by atoms with Gasteiger partial charge in [-0.25, -0.2) is 4.98 Å². The van der Waals surface area contributed by atoms with E-state index in [2.05, 4.69) is 10.3 Å². The smallest absolute Gasteiger partial charge is 0.255 e. The lowest BCUT2D eigenvalue weighted by Gasteiger charge is -2.27. The number of nitrogens with zero attached hydrogens (tertiary/aromatic N) is 3. The van der Waals surface area contributed by atoms with Crippen LogP contribution in [0.4, 0.5) is 5.82 Å². The Labute approximate surface area is 129 Å². The van der Waals surface area contributed by atoms with E-state index in [4.69, 9.17) is 11.6 Å². The molecule has 2 rings (SSSR count). The maximum atomic E-state index is 12.7. The molecule has 0 aromatic carbocycles. The molecule has 1 fully saturated rings. The van der Waals surface area contributed by atoms with E-state index in [-0.39, 0.29) is 11.9 Å². The summed E-state index contributed by atoms with van der Waals surface area (Å²) in [5, 5.41) is 13.1. The van der Waals surface area contributed by atoms with Gasteiger partial charge in [0.05, 0.1) is 16.7 Å². The lowest BCUT2D eigenvalue weighted by atomic mass is 10.1. The monoisotopic (exact) mass is 312 g/mol. The fourth-order valence-corrected chi connectivity index (χ4v) is 2.81. The summed E-state index contributed by atoms with van der Waals surface area (Å²) in [4.78, 5) is 20.5. The Hall–Kier alpha value is -1.37. The Morgan fingerprint density at radius 3 is 2.95 bits per heavy atom. The molecule has 0 saturated carbocycles. The zero-order valence-corrected chi connectivity index (χ0v) is 13.3. The predicted molar refractivity (Wildman–Crippen MR) is 82.8 cm³/mol. The average molecular weight is 313 g/mol. The molecule has 2 unspecified atom stereocenters. The van der Waals surface area contributed by atoms with E-state index in [0.717, 1.165) is 0 Å². The Morgan fingerprint density at radius 1 is 1.62 bits per heavy atom. The van der Waals surface area contributed by atoms with Crippen LogP contribution in [0.25, 0.3) is 0 Å². The first-order valence-electron chi connectivity index (χ1n) is 6.89. The van der Waals surface area contributed by atoms with Crippen LogP contribution >= 0.6 is 11.6 Å². The summed E-state index contributed by atoms with van der Waals surface area (Å²) in [6, 6.07) is 1.63. The van der Waals surface area contributed by atoms with Crippen molar-refractivity contribution >= 4 is 23.3 Å². The summed E-state index contributed by atoms with van der Waals surface area (Å²) in [5.74, 6) is 0.425. The standard InChI is InChI=1S/C14H21ClN4O2/c1-16-13-5-11(12(15)6-17-13)14(21)19-8-10(20)4-9(19)7-18(2)3/h5-6,9-10,20H,4,7-8H2,1-3H3,(H,16,17). The van der Waals surface area contributed by atoms with Gasteiger partial charge in [-0.2, -0.15) is 0 Å². The van der Waals surface area contributed by atoms with Crippen LogP contribution in [0.15, 0.2) is 12.3 Å². The molecule has 1 aromatic rings. The lowest BCUT2D eigenvalue weighted by molar-refractivity contribution is 0.0699. The van der Waals surface area contributed by atoms with Gasteiger partial charge in [-0.15, -0.1) is 0 Å². The van der Waals surface area contributed by atoms with Crippen molar-refractivity contribution in [1.29, 1.82) is 0 Å². The summed E-state index contributed by atoms with van der Waals surface area (Å²) in [6.07, 6.45) is 1.57. The normalized spacial score (nSPS) is 21.9. The second-order valence-corrected chi connectivity index (χ2v) is 5.97. The molecule has 1 aromatic heterocycles. The molecule has 1 aliphatic heterocycles. The molecule has 2 N–H and O–H groups in total. The third kappa shape index (κ3) is 3.64. The Kier molecular flexibility index (Phi) is 5.03. The zero-order valence-electron chi connectivity index (χ0n) is 12.5. The molecule has 2 atom stereocenters. The van der Waals surface area contributed by atoms with Crippen LogP contribution in [0.3, 0.4) is 0 Å². The molecule has 0 bridgehead atoms. The fourth-order valence-electron chi connectivity index (χ4n) is 2.63. The third-order valence-electron chi connectivity index (χ3n) is 3.57. The summed E-state index contributed by atoms with van der Waals surface area (Å²) >= 11 is 6.11. The molecule has 0 radical (unpaired) electrons. The number of likely N-dealkylation sites (N-methyl/N-ethyl adjacent to an activating group) is 1. The molecule has 2 heterocycles. The molecule has 6 nitrogen and oxygen atoms in total. The van der Waals surface area contributed by atoms with Crippen molar-refractivity contribution in [1.82, 2.24) is 14.8 Å². The number of aliphatic hydroxyl groups is 1. The minimum Gasteiger partial charge on any atom is -0.391 e. The average Bonchev–Trinajstić information content (AvgIpc) is 2.78. The predicted octanol–water partition coefficient (Wildman–Crippen LogP) is 0.914. The van der Waals surface area contributed by atoms with Gasteiger partial charge in [0.25, 0.3) is 5.91 Å². The van der Waals surface area contributed by atoms with Crippen molar-refractivity contribution in [3.05, 3.63) is 22.8 Å². The highest BCUT2D eigenvalue weighted by Crippen LogP contribution is 2.25. The van der Waals surface area contributed by atoms with Gasteiger partial charge in [0.2, 0.25) is 0 Å². The number of anilines is 1. The lowest BCUT2D eigenvalue weighted by Crippen LogP contribution is -2.41. The first-order chi connectivity index (χ1) is 9.92. The molecule has 1 aliphatic rings. The van der Waals surface area contributed by atoms with Crippen molar-refractivity contribution in [2.75, 3.05) is 39.5 Å². The van der Waals surface area contributed by atoms with Gasteiger partial charge in [0, 0.05) is 32.4 Å². The number of rotatable bonds is 4. The van der Waals surface area contributed by atoms with Crippen LogP contribution in [0, 0.1) is 0 Å². The number of likely N-dealkylation sites (tertiary alicyclic amines) is 1. The number of halogens is 1. The molecule has 1 saturated heterocycles. The number of amides is 1. The summed E-state index contributed by atoms with van der Waals surface area (Å²) in [7, 11) is 5.64. The number of hydrogen-bond donors (Lipinski definition) is 2. The second-order valence-electron chi connectivity index (χ2n) is 5.56. The van der Waals surface area contributed by atoms with Crippen LogP contribution in [-0.4, -0.2) is 72.2 Å². The molecule has 0 aliphatic carbocycles. The third-order valence-corrected chi connectivity index (χ3v) is 3.87. The van der Waals surface area contributed by atoms with Crippen molar-refractivity contribution < 1.29 is 9.90 Å². The summed E-state index contributed by atoms with van der Waals surface area (Å²) in [6.45, 7) is 1.05. The number of β-amino-alcohol motifs (C(OH)–C–C–N with tert-alkyl or cyclic N) is 1. The number of carbonyl (C=O) groups excluding carboxylic acids is 1.